The molecule has 0 radical (unpaired) electrons. The molecule has 2 amide bonds. The number of benzene rings is 2. The Morgan fingerprint density at radius 1 is 1.19 bits per heavy atom. The number of anilines is 1. The predicted octanol–water partition coefficient (Wildman–Crippen LogP) is 2.84. The second kappa shape index (κ2) is 9.42. The fourth-order valence-corrected chi connectivity index (χ4v) is 3.15. The van der Waals surface area contributed by atoms with Crippen molar-refractivity contribution < 1.29 is 14.3 Å². The zero-order chi connectivity index (χ0) is 22.5. The highest BCUT2D eigenvalue weighted by atomic mass is 16.5. The van der Waals surface area contributed by atoms with E-state index in [1.54, 1.807) is 26.2 Å². The third-order valence-corrected chi connectivity index (χ3v) is 5.07. The Kier molecular flexibility index (Phi) is 6.25. The van der Waals surface area contributed by atoms with Gasteiger partial charge in [-0.15, -0.1) is 5.10 Å². The van der Waals surface area contributed by atoms with Gasteiger partial charge >= 0.3 is 0 Å². The fourth-order valence-electron chi connectivity index (χ4n) is 3.15. The van der Waals surface area contributed by atoms with E-state index in [0.717, 1.165) is 29.7 Å². The average molecular weight is 432 g/mol. The number of ether oxygens (including phenoxy) is 1. The first-order valence-electron chi connectivity index (χ1n) is 10.4. The highest BCUT2D eigenvalue weighted by molar-refractivity contribution is 6.00. The maximum absolute atomic E-state index is 12.6. The van der Waals surface area contributed by atoms with Gasteiger partial charge in [-0.1, -0.05) is 24.3 Å². The van der Waals surface area contributed by atoms with Gasteiger partial charge in [0.1, 0.15) is 11.8 Å². The van der Waals surface area contributed by atoms with Crippen molar-refractivity contribution in [1.82, 2.24) is 25.5 Å². The van der Waals surface area contributed by atoms with Crippen LogP contribution in [0.2, 0.25) is 0 Å². The molecule has 164 valence electrons. The number of nitrogens with one attached hydrogen (secondary N) is 2. The van der Waals surface area contributed by atoms with E-state index < -0.39 is 6.04 Å². The molecule has 9 heteroatoms. The van der Waals surface area contributed by atoms with Crippen molar-refractivity contribution >= 4 is 23.6 Å². The first-order valence-corrected chi connectivity index (χ1v) is 10.4. The van der Waals surface area contributed by atoms with Crippen LogP contribution in [0.4, 0.5) is 5.69 Å². The minimum Gasteiger partial charge on any atom is -0.497 e. The summed E-state index contributed by atoms with van der Waals surface area (Å²) in [5.74, 6) is 0.731. The number of aromatic nitrogens is 4. The minimum atomic E-state index is -0.719. The highest BCUT2D eigenvalue weighted by Crippen LogP contribution is 2.36. The molecule has 1 aliphatic carbocycles. The van der Waals surface area contributed by atoms with Crippen LogP contribution in [0.25, 0.3) is 17.5 Å². The van der Waals surface area contributed by atoms with Crippen molar-refractivity contribution in [2.24, 2.45) is 0 Å². The van der Waals surface area contributed by atoms with E-state index in [-0.39, 0.29) is 11.8 Å². The largest absolute Gasteiger partial charge is 0.497 e. The second-order valence-electron chi connectivity index (χ2n) is 7.59. The minimum absolute atomic E-state index is 0.324. The van der Waals surface area contributed by atoms with Crippen molar-refractivity contribution in [1.29, 1.82) is 0 Å². The Bertz CT molecular complexity index is 1130. The third-order valence-electron chi connectivity index (χ3n) is 5.07. The molecule has 1 fully saturated rings. The molecule has 1 heterocycles. The lowest BCUT2D eigenvalue weighted by Gasteiger charge is -2.13. The summed E-state index contributed by atoms with van der Waals surface area (Å²) >= 11 is 0. The number of methoxy groups -OCH3 is 1. The maximum Gasteiger partial charge on any atom is 0.246 e. The SMILES string of the molecule is COc1ccc(/C=C/C(=O)NC(C)C(=O)Nc2cccc(-c3nnnn3C3CC3)c2)cc1. The first kappa shape index (κ1) is 21.2. The molecule has 9 nitrogen and oxygen atoms in total. The average Bonchev–Trinajstić information content (AvgIpc) is 3.54. The van der Waals surface area contributed by atoms with E-state index in [1.165, 1.54) is 6.08 Å². The number of carbonyl (C=O) groups excluding carboxylic acids is 2. The van der Waals surface area contributed by atoms with Gasteiger partial charge in [0, 0.05) is 17.3 Å². The number of tetrazole rings is 1. The van der Waals surface area contributed by atoms with Crippen molar-refractivity contribution in [2.75, 3.05) is 12.4 Å². The maximum atomic E-state index is 12.6. The van der Waals surface area contributed by atoms with Gasteiger partial charge in [0.05, 0.1) is 13.2 Å². The Morgan fingerprint density at radius 2 is 1.97 bits per heavy atom. The van der Waals surface area contributed by atoms with Crippen LogP contribution in [0.1, 0.15) is 31.4 Å². The summed E-state index contributed by atoms with van der Waals surface area (Å²) in [6.45, 7) is 1.63. The van der Waals surface area contributed by atoms with E-state index in [2.05, 4.69) is 26.2 Å². The van der Waals surface area contributed by atoms with Crippen molar-refractivity contribution in [3.8, 4) is 17.1 Å². The quantitative estimate of drug-likeness (QED) is 0.530. The van der Waals surface area contributed by atoms with Crippen molar-refractivity contribution in [3.05, 3.63) is 60.2 Å². The van der Waals surface area contributed by atoms with Gasteiger partial charge in [0.25, 0.3) is 0 Å². The second-order valence-corrected chi connectivity index (χ2v) is 7.59. The predicted molar refractivity (Wildman–Crippen MR) is 120 cm³/mol. The smallest absolute Gasteiger partial charge is 0.246 e. The van der Waals surface area contributed by atoms with Crippen LogP contribution in [0.5, 0.6) is 5.75 Å². The van der Waals surface area contributed by atoms with Crippen LogP contribution in [-0.2, 0) is 9.59 Å². The van der Waals surface area contributed by atoms with E-state index in [9.17, 15) is 9.59 Å². The Morgan fingerprint density at radius 3 is 2.69 bits per heavy atom. The summed E-state index contributed by atoms with van der Waals surface area (Å²) in [6, 6.07) is 14.3. The number of amides is 2. The van der Waals surface area contributed by atoms with Gasteiger partial charge in [-0.05, 0) is 66.1 Å². The summed E-state index contributed by atoms with van der Waals surface area (Å²) in [4.78, 5) is 24.8. The molecule has 1 atom stereocenters. The molecular weight excluding hydrogens is 408 g/mol. The Labute approximate surface area is 185 Å². The fraction of sp³-hybridized carbons (Fsp3) is 0.261. The van der Waals surface area contributed by atoms with Crippen molar-refractivity contribution in [2.45, 2.75) is 31.8 Å². The van der Waals surface area contributed by atoms with E-state index in [1.807, 2.05) is 47.1 Å². The van der Waals surface area contributed by atoms with Gasteiger partial charge < -0.3 is 15.4 Å². The van der Waals surface area contributed by atoms with Crippen LogP contribution in [-0.4, -0.2) is 45.2 Å². The monoisotopic (exact) mass is 432 g/mol. The summed E-state index contributed by atoms with van der Waals surface area (Å²) in [5, 5.41) is 17.5. The summed E-state index contributed by atoms with van der Waals surface area (Å²) in [5.41, 5.74) is 2.27. The van der Waals surface area contributed by atoms with E-state index >= 15 is 0 Å². The molecule has 1 aromatic heterocycles. The van der Waals surface area contributed by atoms with Crippen LogP contribution >= 0.6 is 0 Å². The number of carbonyl (C=O) groups is 2. The number of hydrogen-bond donors (Lipinski definition) is 2. The summed E-state index contributed by atoms with van der Waals surface area (Å²) in [7, 11) is 1.60. The molecule has 2 aromatic carbocycles. The Balaban J connectivity index is 1.34. The van der Waals surface area contributed by atoms with Gasteiger partial charge in [-0.2, -0.15) is 0 Å². The topological polar surface area (TPSA) is 111 Å². The van der Waals surface area contributed by atoms with Crippen LogP contribution in [0, 0.1) is 0 Å². The van der Waals surface area contributed by atoms with Gasteiger partial charge in [0.2, 0.25) is 11.8 Å². The lowest BCUT2D eigenvalue weighted by molar-refractivity contribution is -0.123. The zero-order valence-corrected chi connectivity index (χ0v) is 17.9. The molecule has 3 aromatic rings. The molecule has 1 saturated carbocycles. The van der Waals surface area contributed by atoms with E-state index in [0.29, 0.717) is 17.6 Å². The molecule has 4 rings (SSSR count). The summed E-state index contributed by atoms with van der Waals surface area (Å²) in [6.07, 6.45) is 5.20. The lowest BCUT2D eigenvalue weighted by Crippen LogP contribution is -2.40. The third kappa shape index (κ3) is 5.18. The van der Waals surface area contributed by atoms with Crippen LogP contribution in [0.15, 0.2) is 54.6 Å². The normalized spacial score (nSPS) is 14.2. The summed E-state index contributed by atoms with van der Waals surface area (Å²) < 4.78 is 6.93. The molecule has 0 aliphatic heterocycles. The zero-order valence-electron chi connectivity index (χ0n) is 17.9. The highest BCUT2D eigenvalue weighted by Gasteiger charge is 2.28. The molecular formula is C23H24N6O3. The molecule has 1 unspecified atom stereocenters. The molecule has 0 bridgehead atoms. The van der Waals surface area contributed by atoms with Crippen LogP contribution < -0.4 is 15.4 Å². The molecule has 0 spiro atoms. The molecule has 0 saturated heterocycles. The van der Waals surface area contributed by atoms with Crippen molar-refractivity contribution in [3.63, 3.8) is 0 Å². The van der Waals surface area contributed by atoms with Crippen LogP contribution in [0.3, 0.4) is 0 Å². The Hall–Kier alpha value is -4.01. The number of nitrogens with zero attached hydrogens (tertiary/aromatic N) is 4. The number of rotatable bonds is 8. The first-order chi connectivity index (χ1) is 15.5. The van der Waals surface area contributed by atoms with E-state index in [4.69, 9.17) is 4.74 Å². The van der Waals surface area contributed by atoms with Gasteiger partial charge in [0.15, 0.2) is 5.82 Å². The molecule has 1 aliphatic rings. The lowest BCUT2D eigenvalue weighted by atomic mass is 10.1. The van der Waals surface area contributed by atoms with Gasteiger partial charge in [-0.3, -0.25) is 9.59 Å². The van der Waals surface area contributed by atoms with Gasteiger partial charge in [-0.25, -0.2) is 4.68 Å². The number of hydrogen-bond acceptors (Lipinski definition) is 6. The standard InChI is InChI=1S/C23H24N6O3/c1-15(24-21(30)13-8-16-6-11-20(32-2)12-7-16)23(31)25-18-5-3-4-17(14-18)22-26-27-28-29(22)19-9-10-19/h3-8,11-15,19H,9-10H2,1-2H3,(H,24,30)(H,25,31)/b13-8+. The molecule has 2 N–H and O–H groups in total. The molecule has 32 heavy (non-hydrogen) atoms.